The Kier molecular flexibility index (Phi) is 2.14. The molecular weight excluding hydrogens is 244 g/mol. The molecule has 0 aliphatic heterocycles. The zero-order valence-electron chi connectivity index (χ0n) is 7.88. The first kappa shape index (κ1) is 9.71. The molecule has 2 nitrogen and oxygen atoms in total. The fourth-order valence-electron chi connectivity index (χ4n) is 2.06. The van der Waals surface area contributed by atoms with Crippen molar-refractivity contribution in [2.45, 2.75) is 25.2 Å². The topological polar surface area (TPSA) is 37.3 Å². The highest BCUT2D eigenvalue weighted by molar-refractivity contribution is 9.10. The number of carboxylic acids is 1. The van der Waals surface area contributed by atoms with E-state index in [1.807, 2.05) is 18.2 Å². The van der Waals surface area contributed by atoms with E-state index in [2.05, 4.69) is 15.9 Å². The molecule has 0 spiro atoms. The van der Waals surface area contributed by atoms with Crippen molar-refractivity contribution < 1.29 is 9.90 Å². The average molecular weight is 255 g/mol. The summed E-state index contributed by atoms with van der Waals surface area (Å²) in [5.74, 6) is -0.727. The van der Waals surface area contributed by atoms with Gasteiger partial charge < -0.3 is 5.11 Å². The Morgan fingerprint density at radius 3 is 2.93 bits per heavy atom. The van der Waals surface area contributed by atoms with Gasteiger partial charge in [-0.15, -0.1) is 0 Å². The number of aliphatic carboxylic acids is 1. The number of benzene rings is 1. The van der Waals surface area contributed by atoms with Crippen LogP contribution < -0.4 is 0 Å². The van der Waals surface area contributed by atoms with Crippen molar-refractivity contribution in [3.05, 3.63) is 33.8 Å². The third-order valence-corrected chi connectivity index (χ3v) is 3.80. The van der Waals surface area contributed by atoms with E-state index >= 15 is 0 Å². The molecule has 0 aromatic heterocycles. The van der Waals surface area contributed by atoms with E-state index < -0.39 is 11.4 Å². The summed E-state index contributed by atoms with van der Waals surface area (Å²) in [4.78, 5) is 11.2. The highest BCUT2D eigenvalue weighted by Gasteiger charge is 2.41. The van der Waals surface area contributed by atoms with E-state index in [0.717, 1.165) is 22.0 Å². The molecule has 1 aromatic rings. The number of hydrogen-bond donors (Lipinski definition) is 1. The highest BCUT2D eigenvalue weighted by Crippen LogP contribution is 2.41. The van der Waals surface area contributed by atoms with Crippen LogP contribution in [-0.4, -0.2) is 11.1 Å². The van der Waals surface area contributed by atoms with Gasteiger partial charge in [-0.05, 0) is 37.0 Å². The predicted octanol–water partition coefficient (Wildman–Crippen LogP) is 2.74. The lowest BCUT2D eigenvalue weighted by Crippen LogP contribution is -2.29. The van der Waals surface area contributed by atoms with Gasteiger partial charge in [0.2, 0.25) is 0 Å². The molecule has 0 fully saturated rings. The Labute approximate surface area is 91.1 Å². The second kappa shape index (κ2) is 3.09. The molecule has 1 aromatic carbocycles. The second-order valence-electron chi connectivity index (χ2n) is 3.90. The van der Waals surface area contributed by atoms with Crippen LogP contribution in [0, 0.1) is 0 Å². The fraction of sp³-hybridized carbons (Fsp3) is 0.364. The maximum absolute atomic E-state index is 11.2. The van der Waals surface area contributed by atoms with Gasteiger partial charge in [0.1, 0.15) is 0 Å². The SMILES string of the molecule is CC1(C(=O)O)CCc2c(Br)cccc21. The minimum absolute atomic E-state index is 0.695. The van der Waals surface area contributed by atoms with Crippen LogP contribution >= 0.6 is 15.9 Å². The van der Waals surface area contributed by atoms with Gasteiger partial charge in [0, 0.05) is 4.47 Å². The largest absolute Gasteiger partial charge is 0.481 e. The smallest absolute Gasteiger partial charge is 0.313 e. The van der Waals surface area contributed by atoms with Gasteiger partial charge in [-0.1, -0.05) is 28.1 Å². The van der Waals surface area contributed by atoms with Crippen molar-refractivity contribution in [3.63, 3.8) is 0 Å². The summed E-state index contributed by atoms with van der Waals surface area (Å²) in [6.07, 6.45) is 1.54. The van der Waals surface area contributed by atoms with E-state index in [0.29, 0.717) is 6.42 Å². The first-order valence-electron chi connectivity index (χ1n) is 4.57. The van der Waals surface area contributed by atoms with E-state index in [4.69, 9.17) is 0 Å². The molecule has 0 saturated heterocycles. The molecule has 74 valence electrons. The molecule has 0 amide bonds. The summed E-state index contributed by atoms with van der Waals surface area (Å²) in [6.45, 7) is 1.80. The lowest BCUT2D eigenvalue weighted by molar-refractivity contribution is -0.143. The third kappa shape index (κ3) is 1.19. The lowest BCUT2D eigenvalue weighted by atomic mass is 9.84. The van der Waals surface area contributed by atoms with E-state index in [1.165, 1.54) is 0 Å². The van der Waals surface area contributed by atoms with Gasteiger partial charge in [-0.2, -0.15) is 0 Å². The van der Waals surface area contributed by atoms with Crippen molar-refractivity contribution >= 4 is 21.9 Å². The minimum atomic E-state index is -0.727. The van der Waals surface area contributed by atoms with Gasteiger partial charge in [0.15, 0.2) is 0 Å². The van der Waals surface area contributed by atoms with Crippen molar-refractivity contribution in [1.29, 1.82) is 0 Å². The zero-order valence-corrected chi connectivity index (χ0v) is 9.47. The average Bonchev–Trinajstić information content (AvgIpc) is 2.47. The third-order valence-electron chi connectivity index (χ3n) is 3.06. The Bertz CT molecular complexity index is 400. The molecule has 1 aliphatic carbocycles. The van der Waals surface area contributed by atoms with E-state index in [-0.39, 0.29) is 0 Å². The monoisotopic (exact) mass is 254 g/mol. The number of carboxylic acid groups (broad SMARTS) is 1. The quantitative estimate of drug-likeness (QED) is 0.837. The van der Waals surface area contributed by atoms with E-state index in [1.54, 1.807) is 6.92 Å². The maximum atomic E-state index is 11.2. The molecule has 1 N–H and O–H groups in total. The number of carbonyl (C=O) groups is 1. The molecule has 3 heteroatoms. The van der Waals surface area contributed by atoms with Crippen LogP contribution in [0.5, 0.6) is 0 Å². The number of rotatable bonds is 1. The van der Waals surface area contributed by atoms with Crippen molar-refractivity contribution in [2.75, 3.05) is 0 Å². The number of halogens is 1. The van der Waals surface area contributed by atoms with Gasteiger partial charge in [-0.3, -0.25) is 4.79 Å². The summed E-state index contributed by atoms with van der Waals surface area (Å²) in [5.41, 5.74) is 1.41. The predicted molar refractivity (Wildman–Crippen MR) is 57.5 cm³/mol. The molecule has 1 aliphatic rings. The molecule has 0 heterocycles. The Morgan fingerprint density at radius 1 is 1.57 bits per heavy atom. The van der Waals surface area contributed by atoms with Crippen LogP contribution in [0.3, 0.4) is 0 Å². The van der Waals surface area contributed by atoms with E-state index in [9.17, 15) is 9.90 Å². The molecule has 0 bridgehead atoms. The molecule has 1 unspecified atom stereocenters. The first-order valence-corrected chi connectivity index (χ1v) is 5.36. The fourth-order valence-corrected chi connectivity index (χ4v) is 2.63. The first-order chi connectivity index (χ1) is 6.55. The second-order valence-corrected chi connectivity index (χ2v) is 4.76. The van der Waals surface area contributed by atoms with Crippen LogP contribution in [0.4, 0.5) is 0 Å². The maximum Gasteiger partial charge on any atom is 0.313 e. The van der Waals surface area contributed by atoms with Crippen LogP contribution in [0.25, 0.3) is 0 Å². The van der Waals surface area contributed by atoms with Gasteiger partial charge in [0.25, 0.3) is 0 Å². The zero-order chi connectivity index (χ0) is 10.3. The summed E-state index contributed by atoms with van der Waals surface area (Å²) in [5, 5.41) is 9.19. The summed E-state index contributed by atoms with van der Waals surface area (Å²) < 4.78 is 1.03. The molecule has 14 heavy (non-hydrogen) atoms. The van der Waals surface area contributed by atoms with Crippen LogP contribution in [0.1, 0.15) is 24.5 Å². The van der Waals surface area contributed by atoms with Crippen LogP contribution in [0.2, 0.25) is 0 Å². The molecule has 0 radical (unpaired) electrons. The minimum Gasteiger partial charge on any atom is -0.481 e. The molecule has 1 atom stereocenters. The molecule has 2 rings (SSSR count). The Balaban J connectivity index is 2.60. The van der Waals surface area contributed by atoms with Gasteiger partial charge >= 0.3 is 5.97 Å². The highest BCUT2D eigenvalue weighted by atomic mass is 79.9. The van der Waals surface area contributed by atoms with Crippen molar-refractivity contribution in [2.24, 2.45) is 0 Å². The number of fused-ring (bicyclic) bond motifs is 1. The van der Waals surface area contributed by atoms with Gasteiger partial charge in [-0.25, -0.2) is 0 Å². The lowest BCUT2D eigenvalue weighted by Gasteiger charge is -2.19. The Morgan fingerprint density at radius 2 is 2.29 bits per heavy atom. The summed E-state index contributed by atoms with van der Waals surface area (Å²) >= 11 is 3.46. The van der Waals surface area contributed by atoms with Crippen molar-refractivity contribution in [3.8, 4) is 0 Å². The summed E-state index contributed by atoms with van der Waals surface area (Å²) in [6, 6.07) is 5.78. The van der Waals surface area contributed by atoms with Gasteiger partial charge in [0.05, 0.1) is 5.41 Å². The molecular formula is C11H11BrO2. The normalized spacial score (nSPS) is 24.7. The van der Waals surface area contributed by atoms with Crippen LogP contribution in [0.15, 0.2) is 22.7 Å². The van der Waals surface area contributed by atoms with Crippen LogP contribution in [-0.2, 0) is 16.6 Å². The standard InChI is InChI=1S/C11H11BrO2/c1-11(10(13)14)6-5-7-8(11)3-2-4-9(7)12/h2-4H,5-6H2,1H3,(H,13,14). The van der Waals surface area contributed by atoms with Crippen molar-refractivity contribution in [1.82, 2.24) is 0 Å². The number of hydrogen-bond acceptors (Lipinski definition) is 1. The summed E-state index contributed by atoms with van der Waals surface area (Å²) in [7, 11) is 0. The Hall–Kier alpha value is -0.830. The molecule has 0 saturated carbocycles.